The lowest BCUT2D eigenvalue weighted by atomic mass is 9.87. The highest BCUT2D eigenvalue weighted by atomic mass is 32.2. The fraction of sp³-hybridized carbons (Fsp3) is 0.500. The Morgan fingerprint density at radius 1 is 1.67 bits per heavy atom. The quantitative estimate of drug-likeness (QED) is 0.757. The Labute approximate surface area is 108 Å². The molecular weight excluding hydrogens is 260 g/mol. The molecule has 1 saturated heterocycles. The molecule has 0 spiro atoms. The van der Waals surface area contributed by atoms with E-state index in [0.29, 0.717) is 12.2 Å². The molecule has 18 heavy (non-hydrogen) atoms. The van der Waals surface area contributed by atoms with E-state index < -0.39 is 30.3 Å². The van der Waals surface area contributed by atoms with E-state index in [1.807, 2.05) is 6.92 Å². The maximum atomic E-state index is 13.5. The van der Waals surface area contributed by atoms with Crippen LogP contribution in [0.25, 0.3) is 0 Å². The van der Waals surface area contributed by atoms with Crippen LogP contribution in [0.2, 0.25) is 0 Å². The molecule has 0 aromatic rings. The van der Waals surface area contributed by atoms with Gasteiger partial charge >= 0.3 is 5.97 Å². The van der Waals surface area contributed by atoms with Gasteiger partial charge in [-0.2, -0.15) is 0 Å². The lowest BCUT2D eigenvalue weighted by Crippen LogP contribution is -2.26. The number of hydrogen-bond acceptors (Lipinski definition) is 3. The highest BCUT2D eigenvalue weighted by molar-refractivity contribution is 8.14. The Morgan fingerprint density at radius 3 is 2.83 bits per heavy atom. The van der Waals surface area contributed by atoms with Gasteiger partial charge in [0, 0.05) is 11.7 Å². The van der Waals surface area contributed by atoms with E-state index in [1.54, 1.807) is 6.08 Å². The summed E-state index contributed by atoms with van der Waals surface area (Å²) in [5.41, 5.74) is 0.0708. The Balaban J connectivity index is 3.10. The van der Waals surface area contributed by atoms with Crippen LogP contribution >= 0.6 is 11.8 Å². The number of aliphatic carboxylic acids is 1. The summed E-state index contributed by atoms with van der Waals surface area (Å²) in [5, 5.41) is 16.6. The third kappa shape index (κ3) is 3.19. The molecule has 1 aliphatic heterocycles. The average molecular weight is 275 g/mol. The average Bonchev–Trinajstić information content (AvgIpc) is 2.71. The van der Waals surface area contributed by atoms with Crippen LogP contribution in [0.15, 0.2) is 23.6 Å². The number of carbonyl (C=O) groups is 1. The normalized spacial score (nSPS) is 25.6. The molecule has 1 rings (SSSR count). The summed E-state index contributed by atoms with van der Waals surface area (Å²) in [6.45, 7) is 0.603. The maximum absolute atomic E-state index is 13.5. The van der Waals surface area contributed by atoms with Gasteiger partial charge < -0.3 is 5.11 Å². The first-order valence-corrected chi connectivity index (χ1v) is 6.56. The van der Waals surface area contributed by atoms with Gasteiger partial charge in [-0.1, -0.05) is 19.1 Å². The van der Waals surface area contributed by atoms with Crippen molar-refractivity contribution >= 4 is 22.8 Å². The van der Waals surface area contributed by atoms with Crippen LogP contribution in [0, 0.1) is 17.2 Å². The van der Waals surface area contributed by atoms with E-state index in [1.165, 1.54) is 6.08 Å². The minimum Gasteiger partial charge on any atom is -0.481 e. The molecule has 0 amide bonds. The number of hydrogen-bond donors (Lipinski definition) is 2. The maximum Gasteiger partial charge on any atom is 0.313 e. The van der Waals surface area contributed by atoms with Gasteiger partial charge in [0.1, 0.15) is 18.4 Å². The highest BCUT2D eigenvalue weighted by Crippen LogP contribution is 2.38. The molecule has 6 heteroatoms. The smallest absolute Gasteiger partial charge is 0.313 e. The van der Waals surface area contributed by atoms with Crippen molar-refractivity contribution < 1.29 is 18.7 Å². The molecule has 1 fully saturated rings. The largest absolute Gasteiger partial charge is 0.481 e. The lowest BCUT2D eigenvalue weighted by Gasteiger charge is -2.16. The van der Waals surface area contributed by atoms with Crippen LogP contribution in [0.5, 0.6) is 0 Å². The number of allylic oxidation sites excluding steroid dienone is 4. The third-order valence-corrected chi connectivity index (χ3v) is 3.82. The number of carboxylic acid groups (broad SMARTS) is 1. The van der Waals surface area contributed by atoms with Crippen molar-refractivity contribution in [2.75, 3.05) is 12.4 Å². The predicted octanol–water partition coefficient (Wildman–Crippen LogP) is 3.19. The van der Waals surface area contributed by atoms with Crippen LogP contribution < -0.4 is 0 Å². The molecule has 0 saturated carbocycles. The third-order valence-electron chi connectivity index (χ3n) is 2.73. The Bertz CT molecular complexity index is 407. The first-order valence-electron chi connectivity index (χ1n) is 5.58. The molecule has 2 unspecified atom stereocenters. The second kappa shape index (κ2) is 6.68. The van der Waals surface area contributed by atoms with Gasteiger partial charge in [0.25, 0.3) is 0 Å². The van der Waals surface area contributed by atoms with Crippen LogP contribution in [-0.2, 0) is 4.79 Å². The first kappa shape index (κ1) is 14.9. The molecule has 2 N–H and O–H groups in total. The van der Waals surface area contributed by atoms with E-state index >= 15 is 0 Å². The highest BCUT2D eigenvalue weighted by Gasteiger charge is 2.40. The summed E-state index contributed by atoms with van der Waals surface area (Å²) in [6, 6.07) is 0. The zero-order valence-electron chi connectivity index (χ0n) is 9.95. The van der Waals surface area contributed by atoms with Crippen molar-refractivity contribution in [2.45, 2.75) is 13.3 Å². The van der Waals surface area contributed by atoms with E-state index in [0.717, 1.165) is 11.8 Å². The fourth-order valence-corrected chi connectivity index (χ4v) is 3.01. The van der Waals surface area contributed by atoms with Crippen LogP contribution in [0.3, 0.4) is 0 Å². The van der Waals surface area contributed by atoms with Gasteiger partial charge in [-0.3, -0.25) is 10.2 Å². The van der Waals surface area contributed by atoms with Gasteiger partial charge in [-0.05, 0) is 12.0 Å². The number of thioether (sulfide) groups is 1. The topological polar surface area (TPSA) is 61.2 Å². The van der Waals surface area contributed by atoms with Gasteiger partial charge in [0.2, 0.25) is 0 Å². The van der Waals surface area contributed by atoms with Crippen molar-refractivity contribution in [3.8, 4) is 0 Å². The van der Waals surface area contributed by atoms with Crippen LogP contribution in [0.1, 0.15) is 13.3 Å². The van der Waals surface area contributed by atoms with Crippen LogP contribution in [-0.4, -0.2) is 28.5 Å². The minimum absolute atomic E-state index is 0.00144. The molecule has 0 bridgehead atoms. The Hall–Kier alpha value is -1.17. The van der Waals surface area contributed by atoms with Gasteiger partial charge in [-0.15, -0.1) is 11.8 Å². The Kier molecular flexibility index (Phi) is 5.53. The summed E-state index contributed by atoms with van der Waals surface area (Å²) >= 11 is 1.08. The van der Waals surface area contributed by atoms with Crippen LogP contribution in [0.4, 0.5) is 8.78 Å². The number of nitrogens with one attached hydrogen (secondary N) is 1. The molecule has 1 heterocycles. The second-order valence-corrected chi connectivity index (χ2v) is 4.96. The first-order chi connectivity index (χ1) is 8.52. The standard InChI is InChI=1S/C12H15F2NO2S/c1-2-3-4-7(9(14)5-13)8-6-18-11(15)10(8)12(16)17/h3-4,8,10,15H,2,5-6H2,1H3,(H,16,17). The molecule has 0 aromatic heterocycles. The molecular formula is C12H15F2NO2S. The molecule has 0 aromatic carbocycles. The molecule has 1 aliphatic rings. The van der Waals surface area contributed by atoms with Gasteiger partial charge in [0.05, 0.1) is 5.04 Å². The fourth-order valence-electron chi connectivity index (χ4n) is 1.84. The van der Waals surface area contributed by atoms with Crippen molar-refractivity contribution in [3.05, 3.63) is 23.6 Å². The number of carboxylic acids is 1. The predicted molar refractivity (Wildman–Crippen MR) is 68.3 cm³/mol. The SMILES string of the molecule is CCC=CC(=C(F)CF)C1CSC(=N)C1C(=O)O. The summed E-state index contributed by atoms with van der Waals surface area (Å²) in [5.74, 6) is -3.54. The summed E-state index contributed by atoms with van der Waals surface area (Å²) in [6.07, 6.45) is 3.75. The van der Waals surface area contributed by atoms with E-state index in [2.05, 4.69) is 0 Å². The van der Waals surface area contributed by atoms with Crippen molar-refractivity contribution in [2.24, 2.45) is 11.8 Å². The van der Waals surface area contributed by atoms with Crippen molar-refractivity contribution in [1.82, 2.24) is 0 Å². The van der Waals surface area contributed by atoms with Gasteiger partial charge in [-0.25, -0.2) is 8.78 Å². The molecule has 0 aliphatic carbocycles. The minimum atomic E-state index is -1.25. The van der Waals surface area contributed by atoms with E-state index in [9.17, 15) is 13.6 Å². The van der Waals surface area contributed by atoms with Gasteiger partial charge in [0.15, 0.2) is 0 Å². The van der Waals surface area contributed by atoms with Crippen molar-refractivity contribution in [3.63, 3.8) is 0 Å². The summed E-state index contributed by atoms with van der Waals surface area (Å²) in [4.78, 5) is 11.1. The monoisotopic (exact) mass is 275 g/mol. The zero-order valence-corrected chi connectivity index (χ0v) is 10.8. The number of rotatable bonds is 5. The number of alkyl halides is 1. The summed E-state index contributed by atoms with van der Waals surface area (Å²) < 4.78 is 26.0. The Morgan fingerprint density at radius 2 is 2.33 bits per heavy atom. The molecule has 3 nitrogen and oxygen atoms in total. The molecule has 2 atom stereocenters. The molecule has 100 valence electrons. The van der Waals surface area contributed by atoms with E-state index in [4.69, 9.17) is 10.5 Å². The van der Waals surface area contributed by atoms with E-state index in [-0.39, 0.29) is 10.6 Å². The zero-order chi connectivity index (χ0) is 13.7. The molecule has 0 radical (unpaired) electrons. The number of halogens is 2. The van der Waals surface area contributed by atoms with Crippen molar-refractivity contribution in [1.29, 1.82) is 5.41 Å². The lowest BCUT2D eigenvalue weighted by molar-refractivity contribution is -0.140. The summed E-state index contributed by atoms with van der Waals surface area (Å²) in [7, 11) is 0. The second-order valence-electron chi connectivity index (χ2n) is 3.90.